The van der Waals surface area contributed by atoms with E-state index in [9.17, 15) is 4.79 Å². The Labute approximate surface area is 82.0 Å². The van der Waals surface area contributed by atoms with Crippen LogP contribution in [0.5, 0.6) is 0 Å². The van der Waals surface area contributed by atoms with Gasteiger partial charge in [-0.3, -0.25) is 9.78 Å². The first kappa shape index (κ1) is 8.69. The van der Waals surface area contributed by atoms with Gasteiger partial charge in [-0.05, 0) is 25.1 Å². The van der Waals surface area contributed by atoms with E-state index in [0.29, 0.717) is 5.56 Å². The highest BCUT2D eigenvalue weighted by Crippen LogP contribution is 2.12. The Morgan fingerprint density at radius 1 is 1.36 bits per heavy atom. The molecule has 0 aliphatic heterocycles. The lowest BCUT2D eigenvalue weighted by Crippen LogP contribution is -1.93. The summed E-state index contributed by atoms with van der Waals surface area (Å²) in [6, 6.07) is 5.66. The molecule has 2 rings (SSSR count). The lowest BCUT2D eigenvalue weighted by Gasteiger charge is -2.03. The van der Waals surface area contributed by atoms with E-state index in [0.717, 1.165) is 17.7 Å². The number of rotatable bonds is 2. The largest absolute Gasteiger partial charge is 0.320 e. The summed E-state index contributed by atoms with van der Waals surface area (Å²) in [4.78, 5) is 14.5. The van der Waals surface area contributed by atoms with Crippen molar-refractivity contribution in [2.75, 3.05) is 0 Å². The van der Waals surface area contributed by atoms with Gasteiger partial charge in [0.1, 0.15) is 0 Å². The maximum absolute atomic E-state index is 10.6. The minimum absolute atomic E-state index is 0.694. The van der Waals surface area contributed by atoms with Gasteiger partial charge >= 0.3 is 0 Å². The molecular formula is C11H10N2O. The second-order valence-corrected chi connectivity index (χ2v) is 3.11. The van der Waals surface area contributed by atoms with Crippen LogP contribution in [-0.4, -0.2) is 15.8 Å². The number of aldehydes is 1. The van der Waals surface area contributed by atoms with E-state index in [4.69, 9.17) is 0 Å². The van der Waals surface area contributed by atoms with Gasteiger partial charge in [-0.25, -0.2) is 0 Å². The first-order chi connectivity index (χ1) is 6.81. The molecule has 2 aromatic heterocycles. The predicted molar refractivity (Wildman–Crippen MR) is 53.7 cm³/mol. The highest BCUT2D eigenvalue weighted by atomic mass is 16.1. The third-order valence-electron chi connectivity index (χ3n) is 2.11. The molecule has 2 heterocycles. The first-order valence-electron chi connectivity index (χ1n) is 4.36. The van der Waals surface area contributed by atoms with E-state index in [1.54, 1.807) is 12.4 Å². The maximum atomic E-state index is 10.6. The normalized spacial score (nSPS) is 10.1. The monoisotopic (exact) mass is 186 g/mol. The molecule has 70 valence electrons. The number of carbonyl (C=O) groups excluding carboxylic acids is 1. The molecule has 0 N–H and O–H groups in total. The van der Waals surface area contributed by atoms with Crippen LogP contribution in [0.2, 0.25) is 0 Å². The number of pyridine rings is 1. The van der Waals surface area contributed by atoms with Gasteiger partial charge in [-0.2, -0.15) is 0 Å². The molecule has 0 aliphatic carbocycles. The molecule has 0 aliphatic rings. The number of hydrogen-bond donors (Lipinski definition) is 0. The van der Waals surface area contributed by atoms with Gasteiger partial charge in [-0.1, -0.05) is 0 Å². The van der Waals surface area contributed by atoms with Gasteiger partial charge in [0.2, 0.25) is 0 Å². The third-order valence-corrected chi connectivity index (χ3v) is 2.11. The van der Waals surface area contributed by atoms with Crippen LogP contribution in [0.3, 0.4) is 0 Å². The summed E-state index contributed by atoms with van der Waals surface area (Å²) >= 11 is 0. The fraction of sp³-hybridized carbons (Fsp3) is 0.0909. The van der Waals surface area contributed by atoms with Crippen molar-refractivity contribution >= 4 is 6.29 Å². The van der Waals surface area contributed by atoms with Crippen molar-refractivity contribution in [3.05, 3.63) is 48.0 Å². The van der Waals surface area contributed by atoms with Crippen LogP contribution in [0.1, 0.15) is 16.1 Å². The molecular weight excluding hydrogens is 176 g/mol. The maximum Gasteiger partial charge on any atom is 0.151 e. The molecule has 0 unspecified atom stereocenters. The van der Waals surface area contributed by atoms with Gasteiger partial charge < -0.3 is 4.57 Å². The SMILES string of the molecule is Cc1cc(C=O)cn1-c1ccncc1. The Morgan fingerprint density at radius 3 is 2.64 bits per heavy atom. The number of hydrogen-bond acceptors (Lipinski definition) is 2. The lowest BCUT2D eigenvalue weighted by atomic mass is 10.3. The summed E-state index contributed by atoms with van der Waals surface area (Å²) < 4.78 is 1.96. The molecule has 14 heavy (non-hydrogen) atoms. The van der Waals surface area contributed by atoms with Gasteiger partial charge in [-0.15, -0.1) is 0 Å². The van der Waals surface area contributed by atoms with Gasteiger partial charge in [0.05, 0.1) is 0 Å². The number of nitrogens with zero attached hydrogens (tertiary/aromatic N) is 2. The van der Waals surface area contributed by atoms with Crippen LogP contribution in [0.25, 0.3) is 5.69 Å². The molecule has 3 heteroatoms. The van der Waals surface area contributed by atoms with Crippen LogP contribution in [-0.2, 0) is 0 Å². The van der Waals surface area contributed by atoms with Gasteiger partial charge in [0, 0.05) is 35.5 Å². The molecule has 0 fully saturated rings. The average molecular weight is 186 g/mol. The summed E-state index contributed by atoms with van der Waals surface area (Å²) in [6.07, 6.45) is 6.13. The Balaban J connectivity index is 2.51. The van der Waals surface area contributed by atoms with E-state index in [1.165, 1.54) is 0 Å². The number of carbonyl (C=O) groups is 1. The number of aromatic nitrogens is 2. The minimum atomic E-state index is 0.694. The smallest absolute Gasteiger partial charge is 0.151 e. The Bertz CT molecular complexity index is 446. The molecule has 0 amide bonds. The second-order valence-electron chi connectivity index (χ2n) is 3.11. The Kier molecular flexibility index (Phi) is 2.14. The molecule has 0 radical (unpaired) electrons. The minimum Gasteiger partial charge on any atom is -0.320 e. The Morgan fingerprint density at radius 2 is 2.07 bits per heavy atom. The van der Waals surface area contributed by atoms with Crippen molar-refractivity contribution in [3.8, 4) is 5.69 Å². The van der Waals surface area contributed by atoms with Crippen molar-refractivity contribution in [2.45, 2.75) is 6.92 Å². The summed E-state index contributed by atoms with van der Waals surface area (Å²) in [5, 5.41) is 0. The lowest BCUT2D eigenvalue weighted by molar-refractivity contribution is 0.112. The summed E-state index contributed by atoms with van der Waals surface area (Å²) in [6.45, 7) is 1.97. The molecule has 3 nitrogen and oxygen atoms in total. The van der Waals surface area contributed by atoms with Crippen molar-refractivity contribution in [1.82, 2.24) is 9.55 Å². The van der Waals surface area contributed by atoms with Crippen LogP contribution in [0, 0.1) is 6.92 Å². The van der Waals surface area contributed by atoms with E-state index in [-0.39, 0.29) is 0 Å². The van der Waals surface area contributed by atoms with E-state index in [2.05, 4.69) is 4.98 Å². The fourth-order valence-corrected chi connectivity index (χ4v) is 1.45. The molecule has 0 spiro atoms. The quantitative estimate of drug-likeness (QED) is 0.672. The van der Waals surface area contributed by atoms with Crippen LogP contribution in [0.15, 0.2) is 36.8 Å². The topological polar surface area (TPSA) is 34.9 Å². The summed E-state index contributed by atoms with van der Waals surface area (Å²) in [5.74, 6) is 0. The van der Waals surface area contributed by atoms with Crippen LogP contribution >= 0.6 is 0 Å². The molecule has 2 aromatic rings. The molecule has 0 saturated carbocycles. The predicted octanol–water partition coefficient (Wildman–Crippen LogP) is 1.99. The highest BCUT2D eigenvalue weighted by molar-refractivity contribution is 5.75. The van der Waals surface area contributed by atoms with E-state index in [1.807, 2.05) is 35.9 Å². The highest BCUT2D eigenvalue weighted by Gasteiger charge is 2.02. The first-order valence-corrected chi connectivity index (χ1v) is 4.36. The zero-order chi connectivity index (χ0) is 9.97. The van der Waals surface area contributed by atoms with Crippen LogP contribution < -0.4 is 0 Å². The zero-order valence-corrected chi connectivity index (χ0v) is 7.84. The molecule has 0 aromatic carbocycles. The van der Waals surface area contributed by atoms with Crippen molar-refractivity contribution in [1.29, 1.82) is 0 Å². The summed E-state index contributed by atoms with van der Waals surface area (Å²) in [7, 11) is 0. The van der Waals surface area contributed by atoms with Gasteiger partial charge in [0.15, 0.2) is 6.29 Å². The standard InChI is InChI=1S/C11H10N2O/c1-9-6-10(8-14)7-13(9)11-2-4-12-5-3-11/h2-8H,1H3. The van der Waals surface area contributed by atoms with Crippen molar-refractivity contribution in [2.24, 2.45) is 0 Å². The molecule has 0 bridgehead atoms. The zero-order valence-electron chi connectivity index (χ0n) is 7.84. The van der Waals surface area contributed by atoms with E-state index >= 15 is 0 Å². The molecule has 0 atom stereocenters. The van der Waals surface area contributed by atoms with E-state index < -0.39 is 0 Å². The van der Waals surface area contributed by atoms with Crippen LogP contribution in [0.4, 0.5) is 0 Å². The van der Waals surface area contributed by atoms with Crippen molar-refractivity contribution < 1.29 is 4.79 Å². The average Bonchev–Trinajstić information content (AvgIpc) is 2.61. The fourth-order valence-electron chi connectivity index (χ4n) is 1.45. The number of aryl methyl sites for hydroxylation is 1. The third kappa shape index (κ3) is 1.44. The second kappa shape index (κ2) is 3.46. The van der Waals surface area contributed by atoms with Gasteiger partial charge in [0.25, 0.3) is 0 Å². The van der Waals surface area contributed by atoms with Crippen molar-refractivity contribution in [3.63, 3.8) is 0 Å². The Hall–Kier alpha value is -1.90. The molecule has 0 saturated heterocycles. The summed E-state index contributed by atoms with van der Waals surface area (Å²) in [5.41, 5.74) is 2.75.